The summed E-state index contributed by atoms with van der Waals surface area (Å²) < 4.78 is 39.2. The zero-order valence-corrected chi connectivity index (χ0v) is 16.1. The molecule has 0 saturated carbocycles. The van der Waals surface area contributed by atoms with Crippen LogP contribution in [0.2, 0.25) is 0 Å². The van der Waals surface area contributed by atoms with E-state index in [4.69, 9.17) is 9.47 Å². The minimum Gasteiger partial charge on any atom is -0.490 e. The van der Waals surface area contributed by atoms with Crippen molar-refractivity contribution in [1.29, 1.82) is 0 Å². The highest BCUT2D eigenvalue weighted by Crippen LogP contribution is 2.32. The van der Waals surface area contributed by atoms with Gasteiger partial charge in [-0.15, -0.1) is 0 Å². The molecule has 5 nitrogen and oxygen atoms in total. The highest BCUT2D eigenvalue weighted by Gasteiger charge is 2.27. The molecular weight excluding hydrogens is 374 g/mol. The van der Waals surface area contributed by atoms with E-state index in [2.05, 4.69) is 0 Å². The number of ether oxygens (including phenoxy) is 2. The van der Waals surface area contributed by atoms with E-state index in [-0.39, 0.29) is 11.9 Å². The van der Waals surface area contributed by atoms with Crippen molar-refractivity contribution in [1.82, 2.24) is 0 Å². The first-order valence-electron chi connectivity index (χ1n) is 9.09. The predicted molar refractivity (Wildman–Crippen MR) is 109 cm³/mol. The fraction of sp³-hybridized carbons (Fsp3) is 0.182. The molecule has 0 radical (unpaired) electrons. The number of rotatable bonds is 8. The smallest absolute Gasteiger partial charge is 0.243 e. The molecule has 28 heavy (non-hydrogen) atoms. The van der Waals surface area contributed by atoms with Crippen molar-refractivity contribution in [3.63, 3.8) is 0 Å². The summed E-state index contributed by atoms with van der Waals surface area (Å²) in [6.45, 7) is 1.12. The number of nitrogens with zero attached hydrogens (tertiary/aromatic N) is 1. The van der Waals surface area contributed by atoms with E-state index < -0.39 is 10.0 Å². The van der Waals surface area contributed by atoms with Gasteiger partial charge in [-0.2, -0.15) is 0 Å². The van der Waals surface area contributed by atoms with Crippen molar-refractivity contribution in [3.05, 3.63) is 90.5 Å². The van der Waals surface area contributed by atoms with Crippen LogP contribution in [0.3, 0.4) is 0 Å². The second-order valence-corrected chi connectivity index (χ2v) is 8.38. The molecule has 0 spiro atoms. The van der Waals surface area contributed by atoms with Gasteiger partial charge in [0.1, 0.15) is 18.5 Å². The molecule has 1 atom stereocenters. The van der Waals surface area contributed by atoms with Gasteiger partial charge in [-0.3, -0.25) is 0 Å². The molecule has 0 amide bonds. The van der Waals surface area contributed by atoms with Gasteiger partial charge in [0.25, 0.3) is 0 Å². The Labute approximate surface area is 165 Å². The number of benzene rings is 3. The molecule has 4 rings (SSSR count). The maximum Gasteiger partial charge on any atom is 0.243 e. The van der Waals surface area contributed by atoms with E-state index in [1.54, 1.807) is 36.4 Å². The average Bonchev–Trinajstić information content (AvgIpc) is 3.53. The monoisotopic (exact) mass is 395 g/mol. The molecule has 1 saturated heterocycles. The Hall–Kier alpha value is -2.83. The summed E-state index contributed by atoms with van der Waals surface area (Å²) in [7, 11) is -3.70. The molecule has 1 fully saturated rings. The zero-order chi connectivity index (χ0) is 19.4. The van der Waals surface area contributed by atoms with Crippen LogP contribution >= 0.6 is 0 Å². The quantitative estimate of drug-likeness (QED) is 0.538. The Morgan fingerprint density at radius 2 is 1.39 bits per heavy atom. The Bertz CT molecular complexity index is 979. The minimum absolute atomic E-state index is 0.106. The summed E-state index contributed by atoms with van der Waals surface area (Å²) in [5, 5.41) is 0. The molecule has 144 valence electrons. The van der Waals surface area contributed by atoms with Gasteiger partial charge in [0.05, 0.1) is 23.7 Å². The molecule has 1 aliphatic rings. The number of para-hydroxylation sites is 3. The van der Waals surface area contributed by atoms with E-state index in [0.29, 0.717) is 35.9 Å². The maximum absolute atomic E-state index is 13.4. The van der Waals surface area contributed by atoms with Gasteiger partial charge < -0.3 is 9.47 Å². The van der Waals surface area contributed by atoms with Gasteiger partial charge in [0.15, 0.2) is 0 Å². The highest BCUT2D eigenvalue weighted by atomic mass is 32.2. The van der Waals surface area contributed by atoms with Crippen molar-refractivity contribution in [2.45, 2.75) is 11.9 Å². The van der Waals surface area contributed by atoms with Crippen LogP contribution in [0.1, 0.15) is 5.56 Å². The van der Waals surface area contributed by atoms with Crippen LogP contribution in [0.4, 0.5) is 11.4 Å². The van der Waals surface area contributed by atoms with Crippen LogP contribution in [-0.2, 0) is 20.5 Å². The molecule has 0 aromatic heterocycles. The topological polar surface area (TPSA) is 59.1 Å². The van der Waals surface area contributed by atoms with Crippen molar-refractivity contribution in [2.24, 2.45) is 0 Å². The lowest BCUT2D eigenvalue weighted by molar-refractivity contribution is 0.261. The van der Waals surface area contributed by atoms with Crippen LogP contribution in [-0.4, -0.2) is 27.7 Å². The molecule has 0 bridgehead atoms. The van der Waals surface area contributed by atoms with Gasteiger partial charge in [-0.05, 0) is 30.3 Å². The van der Waals surface area contributed by atoms with Crippen molar-refractivity contribution in [3.8, 4) is 5.75 Å². The van der Waals surface area contributed by atoms with Crippen LogP contribution < -0.4 is 9.04 Å². The van der Waals surface area contributed by atoms with Crippen molar-refractivity contribution >= 4 is 21.4 Å². The Kier molecular flexibility index (Phi) is 5.32. The van der Waals surface area contributed by atoms with Crippen LogP contribution in [0.15, 0.2) is 84.9 Å². The number of hydrogen-bond acceptors (Lipinski definition) is 4. The lowest BCUT2D eigenvalue weighted by Gasteiger charge is -2.25. The fourth-order valence-corrected chi connectivity index (χ4v) is 4.62. The summed E-state index contributed by atoms with van der Waals surface area (Å²) in [6.07, 6.45) is 0.106. The molecule has 0 N–H and O–H groups in total. The fourth-order valence-electron chi connectivity index (χ4n) is 2.97. The number of sulfonamides is 1. The molecule has 6 heteroatoms. The molecule has 1 unspecified atom stereocenters. The van der Waals surface area contributed by atoms with Crippen molar-refractivity contribution in [2.75, 3.05) is 17.5 Å². The lowest BCUT2D eigenvalue weighted by Crippen LogP contribution is -2.27. The number of hydrogen-bond donors (Lipinski definition) is 0. The van der Waals surface area contributed by atoms with E-state index in [9.17, 15) is 8.42 Å². The molecule has 1 aliphatic heterocycles. The first-order valence-corrected chi connectivity index (χ1v) is 10.7. The molecule has 0 aliphatic carbocycles. The third-order valence-corrected chi connectivity index (χ3v) is 6.05. The zero-order valence-electron chi connectivity index (χ0n) is 15.3. The standard InChI is InChI=1S/C22H21NO4S/c24-28(25,17-18-9-7-8-14-22(18)27-16-21-15-26-21)23(19-10-3-1-4-11-19)20-12-5-2-6-13-20/h1-14,21H,15-17H2. The first kappa shape index (κ1) is 18.5. The SMILES string of the molecule is O=S(=O)(Cc1ccccc1OCC1CO1)N(c1ccccc1)c1ccccc1. The summed E-state index contributed by atoms with van der Waals surface area (Å²) >= 11 is 0. The van der Waals surface area contributed by atoms with E-state index in [0.717, 1.165) is 0 Å². The maximum atomic E-state index is 13.4. The van der Waals surface area contributed by atoms with Gasteiger partial charge in [0.2, 0.25) is 10.0 Å². The van der Waals surface area contributed by atoms with Crippen LogP contribution in [0.25, 0.3) is 0 Å². The molecular formula is C22H21NO4S. The molecule has 3 aromatic carbocycles. The summed E-state index contributed by atoms with van der Waals surface area (Å²) in [5.41, 5.74) is 1.82. The Morgan fingerprint density at radius 1 is 0.857 bits per heavy atom. The first-order chi connectivity index (χ1) is 13.6. The number of anilines is 2. The van der Waals surface area contributed by atoms with Gasteiger partial charge >= 0.3 is 0 Å². The average molecular weight is 395 g/mol. The predicted octanol–water partition coefficient (Wildman–Crippen LogP) is 4.13. The lowest BCUT2D eigenvalue weighted by atomic mass is 10.2. The van der Waals surface area contributed by atoms with Crippen molar-refractivity contribution < 1.29 is 17.9 Å². The Morgan fingerprint density at radius 3 is 1.96 bits per heavy atom. The van der Waals surface area contributed by atoms with Crippen LogP contribution in [0.5, 0.6) is 5.75 Å². The van der Waals surface area contributed by atoms with E-state index in [1.165, 1.54) is 4.31 Å². The minimum atomic E-state index is -3.70. The highest BCUT2D eigenvalue weighted by molar-refractivity contribution is 7.92. The third kappa shape index (κ3) is 4.35. The summed E-state index contributed by atoms with van der Waals surface area (Å²) in [6, 6.07) is 25.4. The van der Waals surface area contributed by atoms with Gasteiger partial charge in [-0.25, -0.2) is 12.7 Å². The second kappa shape index (κ2) is 8.04. The van der Waals surface area contributed by atoms with E-state index >= 15 is 0 Å². The molecule has 1 heterocycles. The normalized spacial score (nSPS) is 15.8. The third-order valence-electron chi connectivity index (χ3n) is 4.40. The summed E-state index contributed by atoms with van der Waals surface area (Å²) in [4.78, 5) is 0. The summed E-state index contributed by atoms with van der Waals surface area (Å²) in [5.74, 6) is 0.404. The second-order valence-electron chi connectivity index (χ2n) is 6.57. The number of epoxide rings is 1. The molecule has 3 aromatic rings. The largest absolute Gasteiger partial charge is 0.490 e. The van der Waals surface area contributed by atoms with E-state index in [1.807, 2.05) is 48.5 Å². The van der Waals surface area contributed by atoms with Gasteiger partial charge in [0, 0.05) is 5.56 Å². The van der Waals surface area contributed by atoms with Crippen LogP contribution in [0, 0.1) is 0 Å². The van der Waals surface area contributed by atoms with Gasteiger partial charge in [-0.1, -0.05) is 54.6 Å². The Balaban J connectivity index is 1.67.